The van der Waals surface area contributed by atoms with Crippen LogP contribution in [0.15, 0.2) is 23.6 Å². The Balaban J connectivity index is 2.10. The van der Waals surface area contributed by atoms with Gasteiger partial charge in [-0.1, -0.05) is 0 Å². The lowest BCUT2D eigenvalue weighted by Crippen LogP contribution is -2.52. The Kier molecular flexibility index (Phi) is 3.13. The van der Waals surface area contributed by atoms with Crippen molar-refractivity contribution in [2.75, 3.05) is 17.2 Å². The van der Waals surface area contributed by atoms with E-state index in [1.165, 1.54) is 11.3 Å². The fourth-order valence-electron chi connectivity index (χ4n) is 2.46. The maximum absolute atomic E-state index is 12.5. The molecule has 2 aromatic rings. The van der Waals surface area contributed by atoms with Crippen molar-refractivity contribution < 1.29 is 9.53 Å². The minimum atomic E-state index is -0.838. The average molecular weight is 303 g/mol. The van der Waals surface area contributed by atoms with Gasteiger partial charge in [0.05, 0.1) is 11.4 Å². The third kappa shape index (κ3) is 2.25. The number of anilines is 2. The van der Waals surface area contributed by atoms with Gasteiger partial charge in [0.2, 0.25) is 0 Å². The summed E-state index contributed by atoms with van der Waals surface area (Å²) in [7, 11) is 0. The number of hydrogen-bond acceptors (Lipinski definition) is 5. The van der Waals surface area contributed by atoms with Crippen molar-refractivity contribution >= 4 is 28.1 Å². The summed E-state index contributed by atoms with van der Waals surface area (Å²) >= 11 is 1.40. The highest BCUT2D eigenvalue weighted by molar-refractivity contribution is 7.13. The van der Waals surface area contributed by atoms with Crippen molar-refractivity contribution in [1.82, 2.24) is 4.98 Å². The highest BCUT2D eigenvalue weighted by Gasteiger charge is 2.40. The van der Waals surface area contributed by atoms with Gasteiger partial charge >= 0.3 is 0 Å². The van der Waals surface area contributed by atoms with E-state index in [-0.39, 0.29) is 5.91 Å². The van der Waals surface area contributed by atoms with Gasteiger partial charge in [0.25, 0.3) is 5.91 Å². The van der Waals surface area contributed by atoms with Crippen molar-refractivity contribution in [1.29, 1.82) is 0 Å². The van der Waals surface area contributed by atoms with Crippen LogP contribution in [0.1, 0.15) is 20.8 Å². The molecule has 1 aromatic heterocycles. The SMILES string of the molecule is CCN1C(=O)C(C)(C)Oc2ccc(-c3csc(N)n3)cc21. The van der Waals surface area contributed by atoms with Crippen molar-refractivity contribution in [2.45, 2.75) is 26.4 Å². The number of aromatic nitrogens is 1. The standard InChI is InChI=1S/C15H17N3O2S/c1-4-18-11-7-9(10-8-21-14(16)17-10)5-6-12(11)20-15(2,3)13(18)19/h5-8H,4H2,1-3H3,(H2,16,17). The van der Waals surface area contributed by atoms with E-state index >= 15 is 0 Å². The highest BCUT2D eigenvalue weighted by atomic mass is 32.1. The fraction of sp³-hybridized carbons (Fsp3) is 0.333. The van der Waals surface area contributed by atoms with Crippen molar-refractivity contribution in [3.63, 3.8) is 0 Å². The van der Waals surface area contributed by atoms with Crippen LogP contribution in [0.25, 0.3) is 11.3 Å². The van der Waals surface area contributed by atoms with E-state index in [4.69, 9.17) is 10.5 Å². The maximum Gasteiger partial charge on any atom is 0.270 e. The number of nitrogens with zero attached hydrogens (tertiary/aromatic N) is 2. The van der Waals surface area contributed by atoms with Gasteiger partial charge in [-0.15, -0.1) is 11.3 Å². The predicted molar refractivity (Wildman–Crippen MR) is 84.7 cm³/mol. The number of hydrogen-bond donors (Lipinski definition) is 1. The van der Waals surface area contributed by atoms with Gasteiger partial charge in [-0.2, -0.15) is 0 Å². The second-order valence-corrected chi connectivity index (χ2v) is 6.30. The molecule has 6 heteroatoms. The van der Waals surface area contributed by atoms with Crippen LogP contribution in [0.3, 0.4) is 0 Å². The average Bonchev–Trinajstić information content (AvgIpc) is 2.86. The Morgan fingerprint density at radius 2 is 2.19 bits per heavy atom. The summed E-state index contributed by atoms with van der Waals surface area (Å²) in [5.41, 5.74) is 7.37. The molecule has 1 aliphatic heterocycles. The van der Waals surface area contributed by atoms with Crippen LogP contribution in [-0.2, 0) is 4.79 Å². The third-order valence-electron chi connectivity index (χ3n) is 3.51. The number of nitrogens with two attached hydrogens (primary N) is 1. The second kappa shape index (κ2) is 4.73. The molecule has 0 spiro atoms. The second-order valence-electron chi connectivity index (χ2n) is 5.42. The lowest BCUT2D eigenvalue weighted by molar-refractivity contribution is -0.132. The van der Waals surface area contributed by atoms with Gasteiger partial charge in [-0.3, -0.25) is 4.79 Å². The molecule has 2 heterocycles. The Bertz CT molecular complexity index is 709. The maximum atomic E-state index is 12.5. The van der Waals surface area contributed by atoms with Gasteiger partial charge in [0.1, 0.15) is 5.75 Å². The number of nitrogen functional groups attached to an aromatic ring is 1. The smallest absolute Gasteiger partial charge is 0.270 e. The Labute approximate surface area is 127 Å². The van der Waals surface area contributed by atoms with Crippen molar-refractivity contribution in [3.8, 4) is 17.0 Å². The summed E-state index contributed by atoms with van der Waals surface area (Å²) in [6.07, 6.45) is 0. The zero-order valence-corrected chi connectivity index (χ0v) is 13.0. The first-order valence-electron chi connectivity index (χ1n) is 6.79. The van der Waals surface area contributed by atoms with E-state index in [0.717, 1.165) is 16.9 Å². The number of carbonyl (C=O) groups excluding carboxylic acids is 1. The van der Waals surface area contributed by atoms with Crippen LogP contribution in [0, 0.1) is 0 Å². The number of likely N-dealkylation sites (N-methyl/N-ethyl adjacent to an activating group) is 1. The molecular formula is C15H17N3O2S. The summed E-state index contributed by atoms with van der Waals surface area (Å²) < 4.78 is 5.83. The molecule has 0 fully saturated rings. The molecule has 1 aliphatic rings. The van der Waals surface area contributed by atoms with E-state index in [2.05, 4.69) is 4.98 Å². The van der Waals surface area contributed by atoms with Crippen LogP contribution in [0.5, 0.6) is 5.75 Å². The zero-order chi connectivity index (χ0) is 15.2. The number of carbonyl (C=O) groups is 1. The Hall–Kier alpha value is -2.08. The molecular weight excluding hydrogens is 286 g/mol. The third-order valence-corrected chi connectivity index (χ3v) is 4.18. The molecule has 2 N–H and O–H groups in total. The van der Waals surface area contributed by atoms with Crippen LogP contribution >= 0.6 is 11.3 Å². The van der Waals surface area contributed by atoms with Crippen molar-refractivity contribution in [3.05, 3.63) is 23.6 Å². The minimum Gasteiger partial charge on any atom is -0.476 e. The molecule has 1 aromatic carbocycles. The molecule has 0 saturated carbocycles. The number of benzene rings is 1. The Morgan fingerprint density at radius 1 is 1.43 bits per heavy atom. The lowest BCUT2D eigenvalue weighted by Gasteiger charge is -2.38. The van der Waals surface area contributed by atoms with E-state index in [0.29, 0.717) is 17.4 Å². The minimum absolute atomic E-state index is 0.0348. The summed E-state index contributed by atoms with van der Waals surface area (Å²) in [6.45, 7) is 6.13. The van der Waals surface area contributed by atoms with Crippen LogP contribution in [-0.4, -0.2) is 23.0 Å². The number of ether oxygens (including phenoxy) is 1. The van der Waals surface area contributed by atoms with Crippen LogP contribution in [0.2, 0.25) is 0 Å². The predicted octanol–water partition coefficient (Wildman–Crippen LogP) is 2.92. The van der Waals surface area contributed by atoms with Gasteiger partial charge in [0.15, 0.2) is 10.7 Å². The molecule has 3 rings (SSSR count). The lowest BCUT2D eigenvalue weighted by atomic mass is 10.0. The molecule has 1 amide bonds. The molecule has 0 atom stereocenters. The van der Waals surface area contributed by atoms with E-state index in [1.54, 1.807) is 18.7 Å². The van der Waals surface area contributed by atoms with Crippen LogP contribution < -0.4 is 15.4 Å². The number of rotatable bonds is 2. The summed E-state index contributed by atoms with van der Waals surface area (Å²) in [5, 5.41) is 2.44. The largest absolute Gasteiger partial charge is 0.476 e. The summed E-state index contributed by atoms with van der Waals surface area (Å²) in [4.78, 5) is 18.5. The molecule has 0 unspecified atom stereocenters. The van der Waals surface area contributed by atoms with Gasteiger partial charge < -0.3 is 15.4 Å². The molecule has 21 heavy (non-hydrogen) atoms. The first-order valence-corrected chi connectivity index (χ1v) is 7.66. The summed E-state index contributed by atoms with van der Waals surface area (Å²) in [6, 6.07) is 5.75. The molecule has 5 nitrogen and oxygen atoms in total. The van der Waals surface area contributed by atoms with Gasteiger partial charge in [-0.25, -0.2) is 4.98 Å². The molecule has 0 aliphatic carbocycles. The fourth-order valence-corrected chi connectivity index (χ4v) is 3.03. The van der Waals surface area contributed by atoms with E-state index in [9.17, 15) is 4.79 Å². The van der Waals surface area contributed by atoms with Crippen molar-refractivity contribution in [2.24, 2.45) is 0 Å². The molecule has 0 bridgehead atoms. The van der Waals surface area contributed by atoms with E-state index < -0.39 is 5.60 Å². The van der Waals surface area contributed by atoms with Gasteiger partial charge in [0, 0.05) is 17.5 Å². The summed E-state index contributed by atoms with van der Waals surface area (Å²) in [5.74, 6) is 0.681. The number of fused-ring (bicyclic) bond motifs is 1. The topological polar surface area (TPSA) is 68.5 Å². The Morgan fingerprint density at radius 3 is 2.81 bits per heavy atom. The zero-order valence-electron chi connectivity index (χ0n) is 12.2. The monoisotopic (exact) mass is 303 g/mol. The van der Waals surface area contributed by atoms with E-state index in [1.807, 2.05) is 30.5 Å². The number of thiazole rings is 1. The van der Waals surface area contributed by atoms with Crippen LogP contribution in [0.4, 0.5) is 10.8 Å². The first-order chi connectivity index (χ1) is 9.92. The first kappa shape index (κ1) is 13.9. The molecule has 0 saturated heterocycles. The van der Waals surface area contributed by atoms with Gasteiger partial charge in [-0.05, 0) is 39.0 Å². The highest BCUT2D eigenvalue weighted by Crippen LogP contribution is 2.40. The molecule has 0 radical (unpaired) electrons. The number of amides is 1. The normalized spacial score (nSPS) is 16.5. The quantitative estimate of drug-likeness (QED) is 0.926. The molecule has 110 valence electrons.